The van der Waals surface area contributed by atoms with Crippen LogP contribution < -0.4 is 10.1 Å². The van der Waals surface area contributed by atoms with Crippen LogP contribution in [0.2, 0.25) is 5.02 Å². The van der Waals surface area contributed by atoms with E-state index in [1.807, 2.05) is 11.4 Å². The number of anilines is 1. The van der Waals surface area contributed by atoms with Gasteiger partial charge in [0.25, 0.3) is 0 Å². The van der Waals surface area contributed by atoms with Gasteiger partial charge in [0.15, 0.2) is 5.13 Å². The molecule has 9 heteroatoms. The van der Waals surface area contributed by atoms with Crippen LogP contribution in [0.5, 0.6) is 5.75 Å². The van der Waals surface area contributed by atoms with Crippen molar-refractivity contribution in [3.8, 4) is 17.0 Å². The Balaban J connectivity index is 1.65. The fourth-order valence-corrected chi connectivity index (χ4v) is 4.12. The molecule has 2 heterocycles. The van der Waals surface area contributed by atoms with Crippen LogP contribution >= 0.6 is 22.9 Å². The zero-order chi connectivity index (χ0) is 20.3. The Morgan fingerprint density at radius 2 is 2.18 bits per heavy atom. The largest absolute Gasteiger partial charge is 0.495 e. The predicted molar refractivity (Wildman–Crippen MR) is 111 cm³/mol. The summed E-state index contributed by atoms with van der Waals surface area (Å²) in [6, 6.07) is 5.38. The fourth-order valence-electron chi connectivity index (χ4n) is 3.14. The molecule has 1 aliphatic rings. The zero-order valence-electron chi connectivity index (χ0n) is 16.1. The number of amides is 3. The molecule has 0 bridgehead atoms. The molecular weight excluding hydrogens is 400 g/mol. The molecule has 3 amide bonds. The van der Waals surface area contributed by atoms with Crippen molar-refractivity contribution in [1.29, 1.82) is 0 Å². The molecule has 3 rings (SSSR count). The molecule has 0 spiro atoms. The van der Waals surface area contributed by atoms with Gasteiger partial charge in [-0.05, 0) is 31.0 Å². The lowest BCUT2D eigenvalue weighted by atomic mass is 9.97. The SMILES string of the molecule is COc1ccc(-c2csc(NC(=O)C3CCCN(C(=O)N(C)C)C3)n2)cc1Cl. The second kappa shape index (κ2) is 8.79. The monoisotopic (exact) mass is 422 g/mol. The van der Waals surface area contributed by atoms with E-state index in [9.17, 15) is 9.59 Å². The lowest BCUT2D eigenvalue weighted by Gasteiger charge is -2.33. The van der Waals surface area contributed by atoms with Crippen LogP contribution in [0.1, 0.15) is 12.8 Å². The van der Waals surface area contributed by atoms with E-state index in [4.69, 9.17) is 16.3 Å². The van der Waals surface area contributed by atoms with Crippen molar-refractivity contribution in [2.45, 2.75) is 12.8 Å². The highest BCUT2D eigenvalue weighted by Gasteiger charge is 2.29. The van der Waals surface area contributed by atoms with Gasteiger partial charge in [0.05, 0.1) is 23.7 Å². The first-order chi connectivity index (χ1) is 13.4. The van der Waals surface area contributed by atoms with Crippen molar-refractivity contribution in [3.05, 3.63) is 28.6 Å². The standard InChI is InChI=1S/C19H23ClN4O3S/c1-23(2)19(26)24-8-4-5-13(10-24)17(25)22-18-21-15(11-28-18)12-6-7-16(27-3)14(20)9-12/h6-7,9,11,13H,4-5,8,10H2,1-3H3,(H,21,22,25). The molecule has 1 fully saturated rings. The van der Waals surface area contributed by atoms with Crippen LogP contribution in [-0.4, -0.2) is 61.0 Å². The number of thiazole rings is 1. The Labute approximate surface area is 173 Å². The number of methoxy groups -OCH3 is 1. The number of likely N-dealkylation sites (tertiary alicyclic amines) is 1. The molecule has 150 valence electrons. The van der Waals surface area contributed by atoms with E-state index >= 15 is 0 Å². The number of halogens is 1. The van der Waals surface area contributed by atoms with Gasteiger partial charge in [0.1, 0.15) is 5.75 Å². The van der Waals surface area contributed by atoms with Crippen molar-refractivity contribution in [1.82, 2.24) is 14.8 Å². The van der Waals surface area contributed by atoms with Crippen molar-refractivity contribution in [2.24, 2.45) is 5.92 Å². The normalized spacial score (nSPS) is 16.6. The highest BCUT2D eigenvalue weighted by atomic mass is 35.5. The van der Waals surface area contributed by atoms with Gasteiger partial charge < -0.3 is 19.9 Å². The number of piperidine rings is 1. The first kappa shape index (κ1) is 20.4. The van der Waals surface area contributed by atoms with Gasteiger partial charge >= 0.3 is 6.03 Å². The lowest BCUT2D eigenvalue weighted by Crippen LogP contribution is -2.47. The van der Waals surface area contributed by atoms with Crippen LogP contribution in [0.15, 0.2) is 23.6 Å². The van der Waals surface area contributed by atoms with Crippen LogP contribution in [0.4, 0.5) is 9.93 Å². The molecular formula is C19H23ClN4O3S. The summed E-state index contributed by atoms with van der Waals surface area (Å²) >= 11 is 7.54. The van der Waals surface area contributed by atoms with Gasteiger partial charge in [0, 0.05) is 38.1 Å². The van der Waals surface area contributed by atoms with E-state index in [0.29, 0.717) is 29.0 Å². The Kier molecular flexibility index (Phi) is 6.41. The Morgan fingerprint density at radius 1 is 1.39 bits per heavy atom. The minimum Gasteiger partial charge on any atom is -0.495 e. The van der Waals surface area contributed by atoms with Gasteiger partial charge in [0.2, 0.25) is 5.91 Å². The summed E-state index contributed by atoms with van der Waals surface area (Å²) in [5.41, 5.74) is 1.58. The molecule has 1 aromatic heterocycles. The number of ether oxygens (including phenoxy) is 1. The maximum absolute atomic E-state index is 12.7. The number of rotatable bonds is 4. The third kappa shape index (κ3) is 4.56. The number of hydrogen-bond acceptors (Lipinski definition) is 5. The molecule has 1 saturated heterocycles. The molecule has 1 N–H and O–H groups in total. The first-order valence-electron chi connectivity index (χ1n) is 8.95. The Bertz CT molecular complexity index is 871. The number of urea groups is 1. The number of nitrogens with zero attached hydrogens (tertiary/aromatic N) is 3. The summed E-state index contributed by atoms with van der Waals surface area (Å²) < 4.78 is 5.16. The first-order valence-corrected chi connectivity index (χ1v) is 10.2. The molecule has 0 radical (unpaired) electrons. The quantitative estimate of drug-likeness (QED) is 0.813. The van der Waals surface area contributed by atoms with Crippen LogP contribution in [0, 0.1) is 5.92 Å². The lowest BCUT2D eigenvalue weighted by molar-refractivity contribution is -0.121. The topological polar surface area (TPSA) is 74.8 Å². The predicted octanol–water partition coefficient (Wildman–Crippen LogP) is 3.80. The number of hydrogen-bond donors (Lipinski definition) is 1. The Morgan fingerprint density at radius 3 is 2.86 bits per heavy atom. The molecule has 0 saturated carbocycles. The molecule has 1 atom stereocenters. The highest BCUT2D eigenvalue weighted by molar-refractivity contribution is 7.14. The Hall–Kier alpha value is -2.32. The van der Waals surface area contributed by atoms with Crippen molar-refractivity contribution < 1.29 is 14.3 Å². The number of benzene rings is 1. The van der Waals surface area contributed by atoms with E-state index in [1.165, 1.54) is 16.2 Å². The van der Waals surface area contributed by atoms with E-state index in [1.54, 1.807) is 38.2 Å². The minimum absolute atomic E-state index is 0.0644. The second-order valence-electron chi connectivity index (χ2n) is 6.84. The average Bonchev–Trinajstić information content (AvgIpc) is 3.15. The summed E-state index contributed by atoms with van der Waals surface area (Å²) in [5.74, 6) is 0.258. The van der Waals surface area contributed by atoms with E-state index in [-0.39, 0.29) is 17.9 Å². The summed E-state index contributed by atoms with van der Waals surface area (Å²) in [7, 11) is 5.00. The molecule has 28 heavy (non-hydrogen) atoms. The highest BCUT2D eigenvalue weighted by Crippen LogP contribution is 2.32. The maximum atomic E-state index is 12.7. The number of carbonyl (C=O) groups excluding carboxylic acids is 2. The van der Waals surface area contributed by atoms with Gasteiger partial charge in [-0.3, -0.25) is 4.79 Å². The second-order valence-corrected chi connectivity index (χ2v) is 8.10. The van der Waals surface area contributed by atoms with Crippen molar-refractivity contribution in [2.75, 3.05) is 39.6 Å². The number of carbonyl (C=O) groups is 2. The van der Waals surface area contributed by atoms with Crippen molar-refractivity contribution in [3.63, 3.8) is 0 Å². The third-order valence-electron chi connectivity index (χ3n) is 4.63. The summed E-state index contributed by atoms with van der Waals surface area (Å²) in [6.07, 6.45) is 1.57. The molecule has 7 nitrogen and oxygen atoms in total. The summed E-state index contributed by atoms with van der Waals surface area (Å²) in [4.78, 5) is 32.6. The number of aromatic nitrogens is 1. The molecule has 1 aliphatic heterocycles. The van der Waals surface area contributed by atoms with Crippen molar-refractivity contribution >= 4 is 40.0 Å². The maximum Gasteiger partial charge on any atom is 0.319 e. The third-order valence-corrected chi connectivity index (χ3v) is 5.68. The van der Waals surface area contributed by atoms with Crippen LogP contribution in [0.25, 0.3) is 11.3 Å². The molecule has 2 aromatic rings. The minimum atomic E-state index is -0.236. The molecule has 1 aromatic carbocycles. The zero-order valence-corrected chi connectivity index (χ0v) is 17.6. The van der Waals surface area contributed by atoms with Gasteiger partial charge in [-0.15, -0.1) is 11.3 Å². The number of nitrogens with one attached hydrogen (secondary N) is 1. The van der Waals surface area contributed by atoms with E-state index in [0.717, 1.165) is 24.1 Å². The van der Waals surface area contributed by atoms with Gasteiger partial charge in [-0.1, -0.05) is 11.6 Å². The van der Waals surface area contributed by atoms with E-state index < -0.39 is 0 Å². The summed E-state index contributed by atoms with van der Waals surface area (Å²) in [6.45, 7) is 1.11. The smallest absolute Gasteiger partial charge is 0.319 e. The van der Waals surface area contributed by atoms with Crippen LogP contribution in [0.3, 0.4) is 0 Å². The van der Waals surface area contributed by atoms with Gasteiger partial charge in [-0.2, -0.15) is 0 Å². The van der Waals surface area contributed by atoms with E-state index in [2.05, 4.69) is 10.3 Å². The molecule has 1 unspecified atom stereocenters. The van der Waals surface area contributed by atoms with Gasteiger partial charge in [-0.25, -0.2) is 9.78 Å². The van der Waals surface area contributed by atoms with Crippen LogP contribution in [-0.2, 0) is 4.79 Å². The fraction of sp³-hybridized carbons (Fsp3) is 0.421. The molecule has 0 aliphatic carbocycles. The summed E-state index contributed by atoms with van der Waals surface area (Å²) in [5, 5.41) is 5.79. The average molecular weight is 423 g/mol.